The fraction of sp³-hybridized carbons (Fsp3) is 0.529. The Balaban J connectivity index is 1.83. The third kappa shape index (κ3) is 3.20. The first kappa shape index (κ1) is 15.2. The van der Waals surface area contributed by atoms with E-state index >= 15 is 0 Å². The molecule has 5 nitrogen and oxygen atoms in total. The van der Waals surface area contributed by atoms with Gasteiger partial charge in [-0.2, -0.15) is 0 Å². The molecule has 1 aliphatic carbocycles. The molecule has 118 valence electrons. The number of anilines is 1. The zero-order chi connectivity index (χ0) is 15.5. The van der Waals surface area contributed by atoms with Crippen LogP contribution in [0.1, 0.15) is 32.0 Å². The van der Waals surface area contributed by atoms with Gasteiger partial charge in [-0.25, -0.2) is 9.97 Å². The zero-order valence-electron chi connectivity index (χ0n) is 13.1. The van der Waals surface area contributed by atoms with Crippen molar-refractivity contribution in [3.05, 3.63) is 30.1 Å². The molecule has 1 aromatic carbocycles. The highest BCUT2D eigenvalue weighted by molar-refractivity contribution is 5.87. The number of hydrogen-bond donors (Lipinski definition) is 2. The Morgan fingerprint density at radius 3 is 2.82 bits per heavy atom. The summed E-state index contributed by atoms with van der Waals surface area (Å²) in [4.78, 5) is 11.4. The van der Waals surface area contributed by atoms with Gasteiger partial charge < -0.3 is 10.8 Å². The molecule has 2 unspecified atom stereocenters. The molecule has 3 N–H and O–H groups in total. The molecule has 3 rings (SSSR count). The number of aromatic nitrogens is 2. The fourth-order valence-electron chi connectivity index (χ4n) is 3.43. The number of fused-ring (bicyclic) bond motifs is 1. The Morgan fingerprint density at radius 1 is 1.27 bits per heavy atom. The second kappa shape index (κ2) is 6.58. The summed E-state index contributed by atoms with van der Waals surface area (Å²) < 4.78 is 0. The van der Waals surface area contributed by atoms with Gasteiger partial charge in [-0.1, -0.05) is 19.1 Å². The predicted molar refractivity (Wildman–Crippen MR) is 88.2 cm³/mol. The monoisotopic (exact) mass is 300 g/mol. The lowest BCUT2D eigenvalue weighted by Crippen LogP contribution is -2.36. The molecule has 0 saturated heterocycles. The Hall–Kier alpha value is -1.72. The topological polar surface area (TPSA) is 75.3 Å². The Morgan fingerprint density at radius 2 is 2.09 bits per heavy atom. The van der Waals surface area contributed by atoms with Gasteiger partial charge in [0.25, 0.3) is 0 Å². The molecule has 0 spiro atoms. The summed E-state index contributed by atoms with van der Waals surface area (Å²) in [6.45, 7) is 3.76. The summed E-state index contributed by atoms with van der Waals surface area (Å²) in [5, 5.41) is 10.3. The van der Waals surface area contributed by atoms with Crippen LogP contribution in [-0.2, 0) is 6.54 Å². The van der Waals surface area contributed by atoms with E-state index in [1.165, 1.54) is 19.3 Å². The molecule has 1 heterocycles. The molecule has 0 bridgehead atoms. The first-order chi connectivity index (χ1) is 10.7. The maximum absolute atomic E-state index is 9.36. The molecule has 2 aromatic rings. The van der Waals surface area contributed by atoms with Gasteiger partial charge in [-0.05, 0) is 37.3 Å². The highest BCUT2D eigenvalue weighted by Gasteiger charge is 2.27. The first-order valence-corrected chi connectivity index (χ1v) is 8.03. The van der Waals surface area contributed by atoms with E-state index in [-0.39, 0.29) is 6.61 Å². The summed E-state index contributed by atoms with van der Waals surface area (Å²) in [5.74, 6) is 2.03. The highest BCUT2D eigenvalue weighted by atomic mass is 16.3. The van der Waals surface area contributed by atoms with Crippen molar-refractivity contribution >= 4 is 16.7 Å². The predicted octanol–water partition coefficient (Wildman–Crippen LogP) is 2.19. The molecule has 0 aliphatic heterocycles. The van der Waals surface area contributed by atoms with Crippen LogP contribution in [0.15, 0.2) is 24.3 Å². The highest BCUT2D eigenvalue weighted by Crippen LogP contribution is 2.29. The molecular formula is C17H24N4O. The minimum atomic E-state index is 0.161. The van der Waals surface area contributed by atoms with Gasteiger partial charge in [0.2, 0.25) is 0 Å². The molecule has 0 amide bonds. The number of nitrogens with zero attached hydrogens (tertiary/aromatic N) is 3. The van der Waals surface area contributed by atoms with E-state index in [1.807, 2.05) is 24.3 Å². The second-order valence-electron chi connectivity index (χ2n) is 6.31. The summed E-state index contributed by atoms with van der Waals surface area (Å²) in [6, 6.07) is 8.32. The SMILES string of the molecule is CC1CCC(N(CCO)Cc2nc(N)c3ccccc3n2)C1. The molecule has 1 aliphatic rings. The molecular weight excluding hydrogens is 276 g/mol. The van der Waals surface area contributed by atoms with E-state index in [0.717, 1.165) is 22.6 Å². The minimum Gasteiger partial charge on any atom is -0.395 e. The third-order valence-corrected chi connectivity index (χ3v) is 4.59. The number of benzene rings is 1. The van der Waals surface area contributed by atoms with Gasteiger partial charge in [-0.15, -0.1) is 0 Å². The molecule has 5 heteroatoms. The van der Waals surface area contributed by atoms with Crippen LogP contribution >= 0.6 is 0 Å². The lowest BCUT2D eigenvalue weighted by Gasteiger charge is -2.27. The maximum Gasteiger partial charge on any atom is 0.145 e. The largest absolute Gasteiger partial charge is 0.395 e. The van der Waals surface area contributed by atoms with E-state index in [4.69, 9.17) is 5.73 Å². The van der Waals surface area contributed by atoms with Crippen LogP contribution in [0.5, 0.6) is 0 Å². The number of nitrogens with two attached hydrogens (primary N) is 1. The van der Waals surface area contributed by atoms with Crippen LogP contribution < -0.4 is 5.73 Å². The van der Waals surface area contributed by atoms with Crippen molar-refractivity contribution < 1.29 is 5.11 Å². The van der Waals surface area contributed by atoms with Crippen molar-refractivity contribution in [3.63, 3.8) is 0 Å². The molecule has 22 heavy (non-hydrogen) atoms. The Labute approximate surface area is 131 Å². The van der Waals surface area contributed by atoms with Crippen molar-refractivity contribution in [1.29, 1.82) is 0 Å². The van der Waals surface area contributed by atoms with Gasteiger partial charge >= 0.3 is 0 Å². The maximum atomic E-state index is 9.36. The van der Waals surface area contributed by atoms with Crippen LogP contribution in [0, 0.1) is 5.92 Å². The summed E-state index contributed by atoms with van der Waals surface area (Å²) in [6.07, 6.45) is 3.63. The lowest BCUT2D eigenvalue weighted by molar-refractivity contribution is 0.140. The third-order valence-electron chi connectivity index (χ3n) is 4.59. The van der Waals surface area contributed by atoms with E-state index in [1.54, 1.807) is 0 Å². The Bertz CT molecular complexity index is 646. The smallest absolute Gasteiger partial charge is 0.145 e. The van der Waals surface area contributed by atoms with Crippen LogP contribution in [0.4, 0.5) is 5.82 Å². The number of aliphatic hydroxyl groups excluding tert-OH is 1. The first-order valence-electron chi connectivity index (χ1n) is 8.03. The number of para-hydroxylation sites is 1. The number of nitrogen functional groups attached to an aromatic ring is 1. The van der Waals surface area contributed by atoms with Gasteiger partial charge in [0, 0.05) is 18.0 Å². The summed E-state index contributed by atoms with van der Waals surface area (Å²) in [5.41, 5.74) is 6.95. The van der Waals surface area contributed by atoms with E-state index in [0.29, 0.717) is 24.9 Å². The van der Waals surface area contributed by atoms with E-state index in [9.17, 15) is 5.11 Å². The quantitative estimate of drug-likeness (QED) is 0.885. The van der Waals surface area contributed by atoms with E-state index < -0.39 is 0 Å². The number of hydrogen-bond acceptors (Lipinski definition) is 5. The minimum absolute atomic E-state index is 0.161. The van der Waals surface area contributed by atoms with Crippen molar-refractivity contribution in [1.82, 2.24) is 14.9 Å². The summed E-state index contributed by atoms with van der Waals surface area (Å²) >= 11 is 0. The van der Waals surface area contributed by atoms with Crippen molar-refractivity contribution in [2.45, 2.75) is 38.8 Å². The van der Waals surface area contributed by atoms with Crippen molar-refractivity contribution in [2.75, 3.05) is 18.9 Å². The zero-order valence-corrected chi connectivity index (χ0v) is 13.1. The number of rotatable bonds is 5. The molecule has 1 saturated carbocycles. The van der Waals surface area contributed by atoms with Gasteiger partial charge in [0.05, 0.1) is 18.7 Å². The van der Waals surface area contributed by atoms with Crippen LogP contribution in [0.25, 0.3) is 10.9 Å². The van der Waals surface area contributed by atoms with Crippen LogP contribution in [0.2, 0.25) is 0 Å². The number of aliphatic hydroxyl groups is 1. The van der Waals surface area contributed by atoms with Crippen LogP contribution in [0.3, 0.4) is 0 Å². The average molecular weight is 300 g/mol. The van der Waals surface area contributed by atoms with E-state index in [2.05, 4.69) is 21.8 Å². The van der Waals surface area contributed by atoms with Gasteiger partial charge in [0.15, 0.2) is 0 Å². The van der Waals surface area contributed by atoms with Crippen LogP contribution in [-0.4, -0.2) is 39.2 Å². The Kier molecular flexibility index (Phi) is 4.55. The average Bonchev–Trinajstić information content (AvgIpc) is 2.93. The standard InChI is InChI=1S/C17H24N4O/c1-12-6-7-13(10-12)21(8-9-22)11-16-19-15-5-3-2-4-14(15)17(18)20-16/h2-5,12-13,22H,6-11H2,1H3,(H2,18,19,20). The molecule has 1 aromatic heterocycles. The normalized spacial score (nSPS) is 21.8. The van der Waals surface area contributed by atoms with Gasteiger partial charge in [-0.3, -0.25) is 4.90 Å². The molecule has 1 fully saturated rings. The summed E-state index contributed by atoms with van der Waals surface area (Å²) in [7, 11) is 0. The lowest BCUT2D eigenvalue weighted by atomic mass is 10.1. The van der Waals surface area contributed by atoms with Gasteiger partial charge in [0.1, 0.15) is 11.6 Å². The fourth-order valence-corrected chi connectivity index (χ4v) is 3.43. The molecule has 0 radical (unpaired) electrons. The molecule has 2 atom stereocenters. The van der Waals surface area contributed by atoms with Crippen molar-refractivity contribution in [2.24, 2.45) is 5.92 Å². The van der Waals surface area contributed by atoms with Crippen molar-refractivity contribution in [3.8, 4) is 0 Å². The second-order valence-corrected chi connectivity index (χ2v) is 6.31.